The zero-order chi connectivity index (χ0) is 14.1. The van der Waals surface area contributed by atoms with Crippen molar-refractivity contribution in [2.45, 2.75) is 12.8 Å². The fraction of sp³-hybridized carbons (Fsp3) is 0.417. The Morgan fingerprint density at radius 2 is 1.95 bits per heavy atom. The van der Waals surface area contributed by atoms with Crippen LogP contribution in [-0.2, 0) is 14.8 Å². The van der Waals surface area contributed by atoms with Gasteiger partial charge in [-0.1, -0.05) is 18.2 Å². The van der Waals surface area contributed by atoms with E-state index < -0.39 is 16.0 Å². The molecule has 0 aliphatic carbocycles. The van der Waals surface area contributed by atoms with Crippen molar-refractivity contribution in [3.05, 3.63) is 30.3 Å². The maximum absolute atomic E-state index is 11.5. The van der Waals surface area contributed by atoms with Crippen LogP contribution in [0.1, 0.15) is 12.8 Å². The summed E-state index contributed by atoms with van der Waals surface area (Å²) < 4.78 is 30.7. The number of hydrogen-bond donors (Lipinski definition) is 2. The molecule has 6 nitrogen and oxygen atoms in total. The molecule has 0 fully saturated rings. The van der Waals surface area contributed by atoms with E-state index in [1.165, 1.54) is 0 Å². The average Bonchev–Trinajstić information content (AvgIpc) is 2.36. The van der Waals surface area contributed by atoms with Gasteiger partial charge in [0, 0.05) is 13.0 Å². The molecule has 0 aromatic heterocycles. The molecule has 1 aromatic rings. The van der Waals surface area contributed by atoms with Crippen molar-refractivity contribution >= 4 is 16.0 Å². The van der Waals surface area contributed by atoms with Gasteiger partial charge < -0.3 is 9.84 Å². The summed E-state index contributed by atoms with van der Waals surface area (Å²) in [4.78, 5) is 10.3. The lowest BCUT2D eigenvalue weighted by Gasteiger charge is -2.07. The first-order valence-electron chi connectivity index (χ1n) is 5.86. The molecule has 7 heteroatoms. The smallest absolute Gasteiger partial charge is 0.303 e. The van der Waals surface area contributed by atoms with Crippen LogP contribution >= 0.6 is 0 Å². The Morgan fingerprint density at radius 3 is 2.58 bits per heavy atom. The molecule has 19 heavy (non-hydrogen) atoms. The Bertz CT molecular complexity index is 486. The maximum atomic E-state index is 11.5. The first kappa shape index (κ1) is 15.5. The predicted octanol–water partition coefficient (Wildman–Crippen LogP) is 0.850. The highest BCUT2D eigenvalue weighted by atomic mass is 32.2. The maximum Gasteiger partial charge on any atom is 0.303 e. The van der Waals surface area contributed by atoms with Gasteiger partial charge in [-0.2, -0.15) is 0 Å². The van der Waals surface area contributed by atoms with Crippen LogP contribution in [0.2, 0.25) is 0 Å². The van der Waals surface area contributed by atoms with Crippen LogP contribution in [0, 0.1) is 0 Å². The first-order valence-corrected chi connectivity index (χ1v) is 7.52. The number of benzene rings is 1. The molecule has 1 aromatic carbocycles. The topological polar surface area (TPSA) is 92.7 Å². The van der Waals surface area contributed by atoms with Crippen LogP contribution in [-0.4, -0.2) is 38.4 Å². The van der Waals surface area contributed by atoms with Crippen molar-refractivity contribution in [2.75, 3.05) is 18.9 Å². The summed E-state index contributed by atoms with van der Waals surface area (Å²) in [6.07, 6.45) is 0.219. The molecule has 0 amide bonds. The van der Waals surface area contributed by atoms with Gasteiger partial charge in [-0.05, 0) is 18.6 Å². The molecule has 0 bridgehead atoms. The molecule has 2 N–H and O–H groups in total. The number of sulfonamides is 1. The molecule has 0 aliphatic rings. The Labute approximate surface area is 112 Å². The third-order valence-electron chi connectivity index (χ3n) is 2.25. The minimum atomic E-state index is -3.42. The van der Waals surface area contributed by atoms with Crippen molar-refractivity contribution in [2.24, 2.45) is 0 Å². The number of para-hydroxylation sites is 1. The van der Waals surface area contributed by atoms with Crippen LogP contribution in [0.3, 0.4) is 0 Å². The number of rotatable bonds is 9. The number of aliphatic carboxylic acids is 1. The lowest BCUT2D eigenvalue weighted by Crippen LogP contribution is -2.30. The van der Waals surface area contributed by atoms with Crippen LogP contribution in [0.15, 0.2) is 30.3 Å². The zero-order valence-electron chi connectivity index (χ0n) is 10.4. The highest BCUT2D eigenvalue weighted by molar-refractivity contribution is 7.89. The SMILES string of the molecule is O=C(O)CCCNS(=O)(=O)CCOc1ccccc1. The predicted molar refractivity (Wildman–Crippen MR) is 70.6 cm³/mol. The molecule has 0 saturated carbocycles. The van der Waals surface area contributed by atoms with Crippen LogP contribution in [0.5, 0.6) is 5.75 Å². The number of nitrogens with one attached hydrogen (secondary N) is 1. The van der Waals surface area contributed by atoms with E-state index in [2.05, 4.69) is 4.72 Å². The summed E-state index contributed by atoms with van der Waals surface area (Å²) in [5.41, 5.74) is 0. The van der Waals surface area contributed by atoms with E-state index in [1.807, 2.05) is 6.07 Å². The highest BCUT2D eigenvalue weighted by Crippen LogP contribution is 2.07. The van der Waals surface area contributed by atoms with E-state index in [9.17, 15) is 13.2 Å². The second-order valence-electron chi connectivity index (χ2n) is 3.87. The van der Waals surface area contributed by atoms with E-state index in [1.54, 1.807) is 24.3 Å². The standard InChI is InChI=1S/C12H17NO5S/c14-12(15)7-4-8-13-19(16,17)10-9-18-11-5-2-1-3-6-11/h1-3,5-6,13H,4,7-10H2,(H,14,15). The Kier molecular flexibility index (Phi) is 6.31. The van der Waals surface area contributed by atoms with Crippen LogP contribution in [0.25, 0.3) is 0 Å². The average molecular weight is 287 g/mol. The number of carbonyl (C=O) groups is 1. The molecule has 1 rings (SSSR count). The largest absolute Gasteiger partial charge is 0.492 e. The van der Waals surface area contributed by atoms with Gasteiger partial charge >= 0.3 is 5.97 Å². The van der Waals surface area contributed by atoms with Gasteiger partial charge in [0.15, 0.2) is 0 Å². The van der Waals surface area contributed by atoms with Gasteiger partial charge in [-0.15, -0.1) is 0 Å². The summed E-state index contributed by atoms with van der Waals surface area (Å²) in [5, 5.41) is 8.41. The van der Waals surface area contributed by atoms with Crippen molar-refractivity contribution in [1.82, 2.24) is 4.72 Å². The fourth-order valence-electron chi connectivity index (χ4n) is 1.33. The zero-order valence-corrected chi connectivity index (χ0v) is 11.2. The number of carboxylic acids is 1. The third-order valence-corrected chi connectivity index (χ3v) is 3.60. The molecular formula is C12H17NO5S. The summed E-state index contributed by atoms with van der Waals surface area (Å²) >= 11 is 0. The quantitative estimate of drug-likeness (QED) is 0.657. The van der Waals surface area contributed by atoms with Gasteiger partial charge in [-0.25, -0.2) is 13.1 Å². The highest BCUT2D eigenvalue weighted by Gasteiger charge is 2.10. The van der Waals surface area contributed by atoms with E-state index in [0.29, 0.717) is 5.75 Å². The Balaban J connectivity index is 2.21. The van der Waals surface area contributed by atoms with Gasteiger partial charge in [0.2, 0.25) is 10.0 Å². The van der Waals surface area contributed by atoms with Crippen LogP contribution < -0.4 is 9.46 Å². The Morgan fingerprint density at radius 1 is 1.26 bits per heavy atom. The van der Waals surface area contributed by atoms with Crippen molar-refractivity contribution < 1.29 is 23.1 Å². The summed E-state index contributed by atoms with van der Waals surface area (Å²) in [5.74, 6) is -0.482. The molecule has 0 spiro atoms. The molecule has 0 aliphatic heterocycles. The molecule has 0 radical (unpaired) electrons. The van der Waals surface area contributed by atoms with Gasteiger partial charge in [-0.3, -0.25) is 4.79 Å². The van der Waals surface area contributed by atoms with Crippen molar-refractivity contribution in [3.63, 3.8) is 0 Å². The summed E-state index contributed by atoms with van der Waals surface area (Å²) in [6, 6.07) is 8.93. The molecule has 0 heterocycles. The van der Waals surface area contributed by atoms with E-state index in [4.69, 9.17) is 9.84 Å². The molecular weight excluding hydrogens is 270 g/mol. The lowest BCUT2D eigenvalue weighted by molar-refractivity contribution is -0.137. The fourth-order valence-corrected chi connectivity index (χ4v) is 2.23. The third kappa shape index (κ3) is 7.43. The van der Waals surface area contributed by atoms with E-state index >= 15 is 0 Å². The second kappa shape index (κ2) is 7.75. The van der Waals surface area contributed by atoms with Gasteiger partial charge in [0.05, 0.1) is 5.75 Å². The van der Waals surface area contributed by atoms with Gasteiger partial charge in [0.1, 0.15) is 12.4 Å². The normalized spacial score (nSPS) is 11.2. The minimum Gasteiger partial charge on any atom is -0.492 e. The van der Waals surface area contributed by atoms with E-state index in [-0.39, 0.29) is 31.7 Å². The molecule has 0 saturated heterocycles. The second-order valence-corrected chi connectivity index (χ2v) is 5.80. The number of carboxylic acid groups (broad SMARTS) is 1. The number of ether oxygens (including phenoxy) is 1. The van der Waals surface area contributed by atoms with E-state index in [0.717, 1.165) is 0 Å². The molecule has 106 valence electrons. The van der Waals surface area contributed by atoms with Crippen molar-refractivity contribution in [3.8, 4) is 5.75 Å². The molecule has 0 unspecified atom stereocenters. The minimum absolute atomic E-state index is 0.0525. The van der Waals surface area contributed by atoms with Crippen molar-refractivity contribution in [1.29, 1.82) is 0 Å². The lowest BCUT2D eigenvalue weighted by atomic mass is 10.3. The van der Waals surface area contributed by atoms with Gasteiger partial charge in [0.25, 0.3) is 0 Å². The van der Waals surface area contributed by atoms with Crippen LogP contribution in [0.4, 0.5) is 0 Å². The molecule has 0 atom stereocenters. The monoisotopic (exact) mass is 287 g/mol. The summed E-state index contributed by atoms with van der Waals surface area (Å²) in [7, 11) is -3.42. The summed E-state index contributed by atoms with van der Waals surface area (Å²) in [6.45, 7) is 0.179. The Hall–Kier alpha value is -1.60. The first-order chi connectivity index (χ1) is 8.99. The number of hydrogen-bond acceptors (Lipinski definition) is 4.